The Kier molecular flexibility index (Phi) is 8.84. The van der Waals surface area contributed by atoms with Crippen LogP contribution >= 0.6 is 23.2 Å². The van der Waals surface area contributed by atoms with Crippen LogP contribution in [0, 0.1) is 0 Å². The van der Waals surface area contributed by atoms with E-state index >= 15 is 0 Å². The van der Waals surface area contributed by atoms with Crippen molar-refractivity contribution >= 4 is 35.3 Å². The van der Waals surface area contributed by atoms with Crippen LogP contribution in [0.25, 0.3) is 11.1 Å². The number of carbonyl (C=O) groups excluding carboxylic acids is 2. The number of aryl methyl sites for hydroxylation is 1. The van der Waals surface area contributed by atoms with E-state index < -0.39 is 17.8 Å². The van der Waals surface area contributed by atoms with Crippen molar-refractivity contribution in [2.45, 2.75) is 57.8 Å². The van der Waals surface area contributed by atoms with Gasteiger partial charge in [0, 0.05) is 17.8 Å². The molecule has 206 valence electrons. The molecule has 1 aromatic heterocycles. The molecule has 1 heterocycles. The predicted molar refractivity (Wildman–Crippen MR) is 151 cm³/mol. The molecule has 1 aliphatic rings. The summed E-state index contributed by atoms with van der Waals surface area (Å²) in [5.41, 5.74) is 4.59. The molecule has 0 saturated heterocycles. The maximum absolute atomic E-state index is 13.4. The highest BCUT2D eigenvalue weighted by atomic mass is 35.5. The van der Waals surface area contributed by atoms with Gasteiger partial charge < -0.3 is 19.5 Å². The fraction of sp³-hybridized carbons (Fsp3) is 0.367. The zero-order chi connectivity index (χ0) is 28.3. The Morgan fingerprint density at radius 1 is 1.08 bits per heavy atom. The van der Waals surface area contributed by atoms with Crippen LogP contribution in [0.15, 0.2) is 54.7 Å². The standard InChI is InChI=1S/C30H32Cl2N2O5/c1-30(2,3)39-29(37)34(17-26(35)23-15-25(31)27(32)33-16-23)24-12-11-19-7-10-21(13-22(19)14-24)18-5-8-20(9-6-18)28(36)38-4/h5-10,13,15-16,24,26,35H,11-12,14,17H2,1-4H3. The third-order valence-corrected chi connectivity index (χ3v) is 7.37. The molecule has 0 spiro atoms. The lowest BCUT2D eigenvalue weighted by Crippen LogP contribution is -2.47. The topological polar surface area (TPSA) is 89.0 Å². The average Bonchev–Trinajstić information content (AvgIpc) is 2.91. The van der Waals surface area contributed by atoms with Gasteiger partial charge >= 0.3 is 12.1 Å². The maximum atomic E-state index is 13.4. The van der Waals surface area contributed by atoms with Crippen LogP contribution in [0.1, 0.15) is 60.3 Å². The first-order valence-corrected chi connectivity index (χ1v) is 13.5. The molecule has 9 heteroatoms. The van der Waals surface area contributed by atoms with Crippen molar-refractivity contribution in [1.82, 2.24) is 9.88 Å². The van der Waals surface area contributed by atoms with E-state index in [0.29, 0.717) is 17.5 Å². The number of aliphatic hydroxyl groups excluding tert-OH is 1. The summed E-state index contributed by atoms with van der Waals surface area (Å²) in [6.45, 7) is 5.46. The number of rotatable bonds is 6. The molecule has 4 rings (SSSR count). The second-order valence-corrected chi connectivity index (χ2v) is 11.4. The normalized spacial score (nSPS) is 15.7. The molecular formula is C30H32Cl2N2O5. The fourth-order valence-electron chi connectivity index (χ4n) is 4.70. The highest BCUT2D eigenvalue weighted by Crippen LogP contribution is 2.32. The first kappa shape index (κ1) is 28.9. The van der Waals surface area contributed by atoms with E-state index in [-0.39, 0.29) is 28.7 Å². The van der Waals surface area contributed by atoms with Crippen molar-refractivity contribution in [2.24, 2.45) is 0 Å². The van der Waals surface area contributed by atoms with E-state index in [4.69, 9.17) is 32.7 Å². The fourth-order valence-corrected chi connectivity index (χ4v) is 4.98. The number of benzene rings is 2. The van der Waals surface area contributed by atoms with Crippen molar-refractivity contribution in [1.29, 1.82) is 0 Å². The molecule has 0 bridgehead atoms. The van der Waals surface area contributed by atoms with Gasteiger partial charge in [0.05, 0.1) is 30.3 Å². The number of fused-ring (bicyclic) bond motifs is 1. The van der Waals surface area contributed by atoms with Gasteiger partial charge in [-0.2, -0.15) is 0 Å². The Morgan fingerprint density at radius 2 is 1.77 bits per heavy atom. The number of hydrogen-bond donors (Lipinski definition) is 1. The molecule has 7 nitrogen and oxygen atoms in total. The lowest BCUT2D eigenvalue weighted by molar-refractivity contribution is 0.00191. The van der Waals surface area contributed by atoms with Gasteiger partial charge in [0.15, 0.2) is 0 Å². The van der Waals surface area contributed by atoms with Crippen molar-refractivity contribution < 1.29 is 24.2 Å². The van der Waals surface area contributed by atoms with Crippen LogP contribution in [0.4, 0.5) is 4.79 Å². The number of pyridine rings is 1. The Bertz CT molecular complexity index is 1350. The van der Waals surface area contributed by atoms with Crippen molar-refractivity contribution in [3.05, 3.63) is 87.2 Å². The van der Waals surface area contributed by atoms with Gasteiger partial charge in [-0.3, -0.25) is 0 Å². The van der Waals surface area contributed by atoms with Crippen LogP contribution < -0.4 is 0 Å². The molecule has 2 unspecified atom stereocenters. The Balaban J connectivity index is 1.59. The molecule has 0 saturated carbocycles. The second kappa shape index (κ2) is 11.9. The van der Waals surface area contributed by atoms with Gasteiger partial charge in [-0.25, -0.2) is 14.6 Å². The molecular weight excluding hydrogens is 539 g/mol. The average molecular weight is 572 g/mol. The highest BCUT2D eigenvalue weighted by molar-refractivity contribution is 6.41. The minimum atomic E-state index is -1.03. The number of methoxy groups -OCH3 is 1. The predicted octanol–water partition coefficient (Wildman–Crippen LogP) is 6.67. The van der Waals surface area contributed by atoms with E-state index in [9.17, 15) is 14.7 Å². The number of ether oxygens (including phenoxy) is 2. The molecule has 0 aliphatic heterocycles. The largest absolute Gasteiger partial charge is 0.465 e. The van der Waals surface area contributed by atoms with Gasteiger partial charge in [0.2, 0.25) is 0 Å². The molecule has 1 amide bonds. The molecule has 1 N–H and O–H groups in total. The molecule has 1 aliphatic carbocycles. The summed E-state index contributed by atoms with van der Waals surface area (Å²) in [7, 11) is 1.36. The van der Waals surface area contributed by atoms with Crippen LogP contribution in [0.2, 0.25) is 10.2 Å². The lowest BCUT2D eigenvalue weighted by atomic mass is 9.85. The molecule has 2 atom stereocenters. The van der Waals surface area contributed by atoms with Gasteiger partial charge in [0.25, 0.3) is 0 Å². The lowest BCUT2D eigenvalue weighted by Gasteiger charge is -2.37. The number of halogens is 2. The molecule has 39 heavy (non-hydrogen) atoms. The minimum absolute atomic E-state index is 0.0171. The summed E-state index contributed by atoms with van der Waals surface area (Å²) < 4.78 is 10.5. The van der Waals surface area contributed by atoms with Crippen LogP contribution in [-0.4, -0.2) is 52.4 Å². The Labute approximate surface area is 238 Å². The number of aliphatic hydroxyl groups is 1. The van der Waals surface area contributed by atoms with Crippen molar-refractivity contribution in [3.63, 3.8) is 0 Å². The van der Waals surface area contributed by atoms with Crippen LogP contribution in [0.3, 0.4) is 0 Å². The second-order valence-electron chi connectivity index (χ2n) is 10.6. The number of hydrogen-bond acceptors (Lipinski definition) is 6. The third-order valence-electron chi connectivity index (χ3n) is 6.69. The summed E-state index contributed by atoms with van der Waals surface area (Å²) in [4.78, 5) is 30.8. The summed E-state index contributed by atoms with van der Waals surface area (Å²) in [6.07, 6.45) is 2.06. The summed E-state index contributed by atoms with van der Waals surface area (Å²) in [6, 6.07) is 15.0. The monoisotopic (exact) mass is 570 g/mol. The molecule has 0 fully saturated rings. The van der Waals surface area contributed by atoms with E-state index in [1.54, 1.807) is 23.1 Å². The number of esters is 1. The van der Waals surface area contributed by atoms with Crippen LogP contribution in [0.5, 0.6) is 0 Å². The van der Waals surface area contributed by atoms with E-state index in [2.05, 4.69) is 23.2 Å². The first-order chi connectivity index (χ1) is 18.4. The number of aromatic nitrogens is 1. The zero-order valence-corrected chi connectivity index (χ0v) is 23.9. The summed E-state index contributed by atoms with van der Waals surface area (Å²) in [5, 5.41) is 11.4. The Hall–Kier alpha value is -3.13. The molecule has 2 aromatic carbocycles. The summed E-state index contributed by atoms with van der Waals surface area (Å²) >= 11 is 12.1. The smallest absolute Gasteiger partial charge is 0.410 e. The Morgan fingerprint density at radius 3 is 2.41 bits per heavy atom. The summed E-state index contributed by atoms with van der Waals surface area (Å²) in [5.74, 6) is -0.379. The van der Waals surface area contributed by atoms with Gasteiger partial charge in [-0.15, -0.1) is 0 Å². The number of amides is 1. The minimum Gasteiger partial charge on any atom is -0.465 e. The maximum Gasteiger partial charge on any atom is 0.410 e. The third kappa shape index (κ3) is 7.10. The quantitative estimate of drug-likeness (QED) is 0.263. The highest BCUT2D eigenvalue weighted by Gasteiger charge is 2.33. The van der Waals surface area contributed by atoms with E-state index in [0.717, 1.165) is 29.5 Å². The number of nitrogens with zero attached hydrogens (tertiary/aromatic N) is 2. The molecule has 0 radical (unpaired) electrons. The van der Waals surface area contributed by atoms with Crippen molar-refractivity contribution in [2.75, 3.05) is 13.7 Å². The van der Waals surface area contributed by atoms with Gasteiger partial charge in [0.1, 0.15) is 10.8 Å². The molecule has 3 aromatic rings. The van der Waals surface area contributed by atoms with Gasteiger partial charge in [-0.05, 0) is 80.5 Å². The van der Waals surface area contributed by atoms with E-state index in [1.807, 2.05) is 32.9 Å². The van der Waals surface area contributed by atoms with E-state index in [1.165, 1.54) is 18.9 Å². The van der Waals surface area contributed by atoms with Crippen LogP contribution in [-0.2, 0) is 22.3 Å². The SMILES string of the molecule is COC(=O)c1ccc(-c2ccc3c(c2)CC(N(CC(O)c2cnc(Cl)c(Cl)c2)C(=O)OC(C)(C)C)CC3)cc1. The van der Waals surface area contributed by atoms with Crippen molar-refractivity contribution in [3.8, 4) is 11.1 Å². The first-order valence-electron chi connectivity index (χ1n) is 12.7. The van der Waals surface area contributed by atoms with Gasteiger partial charge in [-0.1, -0.05) is 53.5 Å². The zero-order valence-electron chi connectivity index (χ0n) is 22.4. The number of carbonyl (C=O) groups is 2.